The van der Waals surface area contributed by atoms with Crippen LogP contribution >= 0.6 is 0 Å². The van der Waals surface area contributed by atoms with E-state index in [0.717, 1.165) is 6.42 Å². The van der Waals surface area contributed by atoms with Crippen LogP contribution in [0.15, 0.2) is 0 Å². The van der Waals surface area contributed by atoms with E-state index in [2.05, 4.69) is 5.32 Å². The number of aliphatic hydroxyl groups excluding tert-OH is 1. The minimum Gasteiger partial charge on any atom is -0.396 e. The van der Waals surface area contributed by atoms with E-state index in [1.54, 1.807) is 7.11 Å². The van der Waals surface area contributed by atoms with Crippen LogP contribution in [0.2, 0.25) is 0 Å². The number of alkyl halides is 2. The summed E-state index contributed by atoms with van der Waals surface area (Å²) >= 11 is 0. The first-order valence-corrected chi connectivity index (χ1v) is 6.28. The van der Waals surface area contributed by atoms with Gasteiger partial charge in [0, 0.05) is 32.6 Å². The molecule has 0 aromatic carbocycles. The zero-order chi connectivity index (χ0) is 12.7. The number of aliphatic hydroxyl groups is 1. The van der Waals surface area contributed by atoms with Crippen LogP contribution < -0.4 is 5.32 Å². The molecule has 1 fully saturated rings. The van der Waals surface area contributed by atoms with Crippen molar-refractivity contribution < 1.29 is 18.6 Å². The Kier molecular flexibility index (Phi) is 6.30. The van der Waals surface area contributed by atoms with Crippen LogP contribution in [0.4, 0.5) is 8.78 Å². The first-order valence-electron chi connectivity index (χ1n) is 6.28. The van der Waals surface area contributed by atoms with Crippen molar-refractivity contribution >= 4 is 0 Å². The molecule has 5 heteroatoms. The van der Waals surface area contributed by atoms with Gasteiger partial charge in [0.2, 0.25) is 5.92 Å². The highest BCUT2D eigenvalue weighted by Crippen LogP contribution is 2.36. The average Bonchev–Trinajstić information content (AvgIpc) is 2.25. The van der Waals surface area contributed by atoms with Gasteiger partial charge in [-0.3, -0.25) is 0 Å². The van der Waals surface area contributed by atoms with E-state index in [-0.39, 0.29) is 31.4 Å². The van der Waals surface area contributed by atoms with Crippen molar-refractivity contribution in [3.8, 4) is 0 Å². The Labute approximate surface area is 102 Å². The molecule has 2 atom stereocenters. The molecule has 0 aromatic rings. The van der Waals surface area contributed by atoms with Crippen molar-refractivity contribution in [1.82, 2.24) is 5.32 Å². The number of hydrogen-bond donors (Lipinski definition) is 2. The predicted octanol–water partition coefficient (Wildman–Crippen LogP) is 1.80. The smallest absolute Gasteiger partial charge is 0.248 e. The second kappa shape index (κ2) is 7.24. The van der Waals surface area contributed by atoms with E-state index in [1.165, 1.54) is 0 Å². The highest BCUT2D eigenvalue weighted by molar-refractivity contribution is 4.80. The van der Waals surface area contributed by atoms with E-state index in [9.17, 15) is 8.78 Å². The lowest BCUT2D eigenvalue weighted by Crippen LogP contribution is -2.40. The number of hydrogen-bond acceptors (Lipinski definition) is 3. The molecule has 102 valence electrons. The van der Waals surface area contributed by atoms with Crippen LogP contribution in [0.1, 0.15) is 32.1 Å². The van der Waals surface area contributed by atoms with Gasteiger partial charge in [0.25, 0.3) is 0 Å². The highest BCUT2D eigenvalue weighted by Gasteiger charge is 2.36. The molecular formula is C12H23F2NO2. The Morgan fingerprint density at radius 3 is 2.88 bits per heavy atom. The SMILES string of the molecule is COCC(CCO)NCC1CCCC(F)(F)C1. The van der Waals surface area contributed by atoms with Crippen LogP contribution in [0.25, 0.3) is 0 Å². The Hall–Kier alpha value is -0.260. The molecule has 0 heterocycles. The molecule has 0 amide bonds. The molecule has 0 bridgehead atoms. The molecular weight excluding hydrogens is 228 g/mol. The highest BCUT2D eigenvalue weighted by atomic mass is 19.3. The van der Waals surface area contributed by atoms with Gasteiger partial charge in [0.1, 0.15) is 0 Å². The second-order valence-electron chi connectivity index (χ2n) is 4.89. The normalized spacial score (nSPS) is 25.8. The van der Waals surface area contributed by atoms with E-state index in [1.807, 2.05) is 0 Å². The van der Waals surface area contributed by atoms with E-state index in [4.69, 9.17) is 9.84 Å². The van der Waals surface area contributed by atoms with Crippen molar-refractivity contribution in [2.75, 3.05) is 26.9 Å². The van der Waals surface area contributed by atoms with Crippen LogP contribution in [-0.2, 0) is 4.74 Å². The van der Waals surface area contributed by atoms with E-state index in [0.29, 0.717) is 26.0 Å². The third-order valence-electron chi connectivity index (χ3n) is 3.28. The fourth-order valence-corrected chi connectivity index (χ4v) is 2.38. The molecule has 1 aliphatic carbocycles. The fraction of sp³-hybridized carbons (Fsp3) is 1.00. The molecule has 2 unspecified atom stereocenters. The summed E-state index contributed by atoms with van der Waals surface area (Å²) in [5, 5.41) is 12.1. The lowest BCUT2D eigenvalue weighted by Gasteiger charge is -2.30. The van der Waals surface area contributed by atoms with Crippen molar-refractivity contribution in [2.24, 2.45) is 5.92 Å². The van der Waals surface area contributed by atoms with Gasteiger partial charge in [0.05, 0.1) is 6.61 Å². The average molecular weight is 251 g/mol. The Bertz CT molecular complexity index is 209. The summed E-state index contributed by atoms with van der Waals surface area (Å²) in [6, 6.07) is 0.0561. The summed E-state index contributed by atoms with van der Waals surface area (Å²) in [6.07, 6.45) is 2.08. The number of ether oxygens (including phenoxy) is 1. The summed E-state index contributed by atoms with van der Waals surface area (Å²) in [4.78, 5) is 0. The molecule has 0 aliphatic heterocycles. The first kappa shape index (κ1) is 14.8. The van der Waals surface area contributed by atoms with Crippen molar-refractivity contribution in [2.45, 2.75) is 44.1 Å². The third kappa shape index (κ3) is 5.75. The second-order valence-corrected chi connectivity index (χ2v) is 4.89. The van der Waals surface area contributed by atoms with Gasteiger partial charge in [-0.25, -0.2) is 8.78 Å². The lowest BCUT2D eigenvalue weighted by atomic mass is 9.86. The molecule has 0 spiro atoms. The summed E-state index contributed by atoms with van der Waals surface area (Å²) < 4.78 is 31.4. The van der Waals surface area contributed by atoms with E-state index >= 15 is 0 Å². The predicted molar refractivity (Wildman–Crippen MR) is 62.3 cm³/mol. The number of halogens is 2. The Balaban J connectivity index is 2.27. The molecule has 0 saturated heterocycles. The quantitative estimate of drug-likeness (QED) is 0.725. The van der Waals surface area contributed by atoms with Crippen LogP contribution in [0.3, 0.4) is 0 Å². The molecule has 1 aliphatic rings. The van der Waals surface area contributed by atoms with Crippen LogP contribution in [-0.4, -0.2) is 43.9 Å². The van der Waals surface area contributed by atoms with Gasteiger partial charge in [-0.05, 0) is 31.7 Å². The maximum atomic E-state index is 13.2. The van der Waals surface area contributed by atoms with Crippen molar-refractivity contribution in [3.63, 3.8) is 0 Å². The van der Waals surface area contributed by atoms with Gasteiger partial charge in [-0.1, -0.05) is 0 Å². The molecule has 0 radical (unpaired) electrons. The van der Waals surface area contributed by atoms with Crippen molar-refractivity contribution in [1.29, 1.82) is 0 Å². The van der Waals surface area contributed by atoms with Gasteiger partial charge < -0.3 is 15.2 Å². The molecule has 0 aromatic heterocycles. The maximum Gasteiger partial charge on any atom is 0.248 e. The van der Waals surface area contributed by atoms with Gasteiger partial charge >= 0.3 is 0 Å². The van der Waals surface area contributed by atoms with Gasteiger partial charge in [-0.15, -0.1) is 0 Å². The van der Waals surface area contributed by atoms with Crippen molar-refractivity contribution in [3.05, 3.63) is 0 Å². The number of rotatable bonds is 7. The minimum atomic E-state index is -2.49. The fourth-order valence-electron chi connectivity index (χ4n) is 2.38. The van der Waals surface area contributed by atoms with Crippen LogP contribution in [0.5, 0.6) is 0 Å². The van der Waals surface area contributed by atoms with Gasteiger partial charge in [-0.2, -0.15) is 0 Å². The Morgan fingerprint density at radius 1 is 1.53 bits per heavy atom. The molecule has 2 N–H and O–H groups in total. The van der Waals surface area contributed by atoms with Gasteiger partial charge in [0.15, 0.2) is 0 Å². The summed E-state index contributed by atoms with van der Waals surface area (Å²) in [5.74, 6) is -2.45. The number of nitrogens with one attached hydrogen (secondary N) is 1. The summed E-state index contributed by atoms with van der Waals surface area (Å²) in [6.45, 7) is 1.18. The molecule has 3 nitrogen and oxygen atoms in total. The molecule has 1 rings (SSSR count). The largest absolute Gasteiger partial charge is 0.396 e. The minimum absolute atomic E-state index is 0.0151. The van der Waals surface area contributed by atoms with Crippen LogP contribution in [0, 0.1) is 5.92 Å². The summed E-state index contributed by atoms with van der Waals surface area (Å²) in [7, 11) is 1.60. The summed E-state index contributed by atoms with van der Waals surface area (Å²) in [5.41, 5.74) is 0. The Morgan fingerprint density at radius 2 is 2.29 bits per heavy atom. The standard InChI is InChI=1S/C12H23F2NO2/c1-17-9-11(4-6-16)15-8-10-3-2-5-12(13,14)7-10/h10-11,15-16H,2-9H2,1H3. The molecule has 17 heavy (non-hydrogen) atoms. The molecule has 1 saturated carbocycles. The van der Waals surface area contributed by atoms with E-state index < -0.39 is 5.92 Å². The zero-order valence-electron chi connectivity index (χ0n) is 10.4. The topological polar surface area (TPSA) is 41.5 Å². The first-order chi connectivity index (χ1) is 8.07. The number of methoxy groups -OCH3 is 1. The third-order valence-corrected chi connectivity index (χ3v) is 3.28. The lowest BCUT2D eigenvalue weighted by molar-refractivity contribution is -0.0526. The zero-order valence-corrected chi connectivity index (χ0v) is 10.4. The maximum absolute atomic E-state index is 13.2. The monoisotopic (exact) mass is 251 g/mol.